The maximum atomic E-state index is 6.53. The summed E-state index contributed by atoms with van der Waals surface area (Å²) < 4.78 is 11.8. The Balaban J connectivity index is 1.35. The number of nitrogens with one attached hydrogen (secondary N) is 1. The molecule has 1 aliphatic rings. The van der Waals surface area contributed by atoms with E-state index in [4.69, 9.17) is 26.8 Å². The van der Waals surface area contributed by atoms with E-state index >= 15 is 0 Å². The molecule has 3 N–H and O–H groups in total. The first kappa shape index (κ1) is 20.7. The maximum Gasteiger partial charge on any atom is 0.208 e. The fraction of sp³-hybridized carbons (Fsp3) is 0.227. The summed E-state index contributed by atoms with van der Waals surface area (Å²) in [4.78, 5) is 14.7. The molecule has 0 aliphatic carbocycles. The molecule has 5 rings (SSSR count). The molecule has 8 nitrogen and oxygen atoms in total. The van der Waals surface area contributed by atoms with Crippen LogP contribution in [0.2, 0.25) is 5.02 Å². The van der Waals surface area contributed by atoms with Gasteiger partial charge in [-0.15, -0.1) is 11.3 Å². The lowest BCUT2D eigenvalue weighted by molar-refractivity contribution is 0.131. The molecule has 0 radical (unpaired) electrons. The zero-order valence-corrected chi connectivity index (χ0v) is 18.8. The Kier molecular flexibility index (Phi) is 5.69. The molecule has 0 bridgehead atoms. The van der Waals surface area contributed by atoms with Gasteiger partial charge in [0.2, 0.25) is 6.35 Å². The van der Waals surface area contributed by atoms with Crippen molar-refractivity contribution in [1.29, 1.82) is 0 Å². The van der Waals surface area contributed by atoms with Gasteiger partial charge in [-0.05, 0) is 43.3 Å². The molecule has 2 aromatic carbocycles. The number of hydrogen-bond donors (Lipinski definition) is 2. The van der Waals surface area contributed by atoms with Crippen molar-refractivity contribution in [2.75, 3.05) is 22.6 Å². The van der Waals surface area contributed by atoms with E-state index in [0.717, 1.165) is 27.3 Å². The van der Waals surface area contributed by atoms with Crippen LogP contribution in [0.4, 0.5) is 17.2 Å². The number of aromatic nitrogens is 3. The highest BCUT2D eigenvalue weighted by Gasteiger charge is 2.32. The molecule has 164 valence electrons. The summed E-state index contributed by atoms with van der Waals surface area (Å²) in [5.41, 5.74) is 8.59. The minimum absolute atomic E-state index is 0.152. The van der Waals surface area contributed by atoms with E-state index in [0.29, 0.717) is 29.8 Å². The van der Waals surface area contributed by atoms with Crippen molar-refractivity contribution in [3.8, 4) is 5.75 Å². The molecule has 1 aliphatic heterocycles. The number of nitrogen functional groups attached to an aromatic ring is 1. The third-order valence-electron chi connectivity index (χ3n) is 5.23. The second kappa shape index (κ2) is 8.78. The van der Waals surface area contributed by atoms with Crippen LogP contribution in [0, 0.1) is 0 Å². The summed E-state index contributed by atoms with van der Waals surface area (Å²) >= 11 is 8.08. The van der Waals surface area contributed by atoms with Crippen molar-refractivity contribution in [2.24, 2.45) is 0 Å². The zero-order chi connectivity index (χ0) is 22.1. The summed E-state index contributed by atoms with van der Waals surface area (Å²) in [6, 6.07) is 11.7. The van der Waals surface area contributed by atoms with Gasteiger partial charge in [0.15, 0.2) is 0 Å². The van der Waals surface area contributed by atoms with E-state index in [-0.39, 0.29) is 12.4 Å². The third-order valence-corrected chi connectivity index (χ3v) is 6.28. The summed E-state index contributed by atoms with van der Waals surface area (Å²) in [5, 5.41) is 7.57. The lowest BCUT2D eigenvalue weighted by atomic mass is 10.2. The van der Waals surface area contributed by atoms with Gasteiger partial charge in [-0.1, -0.05) is 11.6 Å². The number of hydrogen-bond acceptors (Lipinski definition) is 9. The Bertz CT molecular complexity index is 1240. The minimum Gasteiger partial charge on any atom is -0.485 e. The van der Waals surface area contributed by atoms with Gasteiger partial charge in [0.1, 0.15) is 29.5 Å². The first-order valence-electron chi connectivity index (χ1n) is 10.1. The summed E-state index contributed by atoms with van der Waals surface area (Å²) in [6.07, 6.45) is 2.85. The fourth-order valence-electron chi connectivity index (χ4n) is 3.66. The van der Waals surface area contributed by atoms with Gasteiger partial charge in [0, 0.05) is 28.3 Å². The molecule has 0 saturated carbocycles. The monoisotopic (exact) mass is 468 g/mol. The average Bonchev–Trinajstić information content (AvgIpc) is 3.43. The largest absolute Gasteiger partial charge is 0.485 e. The van der Waals surface area contributed by atoms with Crippen LogP contribution in [0.5, 0.6) is 5.75 Å². The van der Waals surface area contributed by atoms with Crippen LogP contribution < -0.4 is 20.7 Å². The van der Waals surface area contributed by atoms with Crippen LogP contribution in [0.15, 0.2) is 54.3 Å². The molecule has 2 unspecified atom stereocenters. The van der Waals surface area contributed by atoms with Gasteiger partial charge >= 0.3 is 0 Å². The topological polar surface area (TPSA) is 98.4 Å². The predicted octanol–water partition coefficient (Wildman–Crippen LogP) is 4.52. The van der Waals surface area contributed by atoms with E-state index in [1.807, 2.05) is 41.8 Å². The summed E-state index contributed by atoms with van der Waals surface area (Å²) in [7, 11) is 0. The molecule has 2 atom stereocenters. The van der Waals surface area contributed by atoms with Gasteiger partial charge in [-0.3, -0.25) is 0 Å². The van der Waals surface area contributed by atoms with Crippen LogP contribution >= 0.6 is 22.9 Å². The number of benzene rings is 2. The van der Waals surface area contributed by atoms with Crippen LogP contribution in [0.25, 0.3) is 10.9 Å². The molecule has 2 aromatic heterocycles. The number of anilines is 3. The van der Waals surface area contributed by atoms with E-state index in [1.165, 1.54) is 6.33 Å². The first-order valence-corrected chi connectivity index (χ1v) is 11.3. The maximum absolute atomic E-state index is 6.53. The van der Waals surface area contributed by atoms with Crippen LogP contribution in [0.1, 0.15) is 11.9 Å². The molecule has 1 fully saturated rings. The molecule has 4 aromatic rings. The van der Waals surface area contributed by atoms with Crippen LogP contribution in [0.3, 0.4) is 0 Å². The van der Waals surface area contributed by atoms with Gasteiger partial charge in [-0.2, -0.15) is 0 Å². The minimum atomic E-state index is -0.369. The number of nitrogens with zero attached hydrogens (tertiary/aromatic N) is 4. The number of thiazole rings is 1. The molecular formula is C22H21ClN6O2S. The van der Waals surface area contributed by atoms with Crippen molar-refractivity contribution in [2.45, 2.75) is 25.9 Å². The predicted molar refractivity (Wildman–Crippen MR) is 127 cm³/mol. The van der Waals surface area contributed by atoms with Gasteiger partial charge in [0.25, 0.3) is 0 Å². The van der Waals surface area contributed by atoms with E-state index in [2.05, 4.69) is 32.1 Å². The highest BCUT2D eigenvalue weighted by atomic mass is 35.5. The quantitative estimate of drug-likeness (QED) is 0.426. The first-order chi connectivity index (χ1) is 15.6. The number of fused-ring (bicyclic) bond motifs is 1. The second-order valence-corrected chi connectivity index (χ2v) is 8.79. The molecule has 3 heterocycles. The number of halogens is 1. The molecular weight excluding hydrogens is 448 g/mol. The highest BCUT2D eigenvalue weighted by Crippen LogP contribution is 2.34. The van der Waals surface area contributed by atoms with Crippen LogP contribution in [-0.2, 0) is 11.3 Å². The van der Waals surface area contributed by atoms with E-state index < -0.39 is 0 Å². The Morgan fingerprint density at radius 1 is 1.25 bits per heavy atom. The van der Waals surface area contributed by atoms with Crippen LogP contribution in [-0.4, -0.2) is 34.0 Å². The standard InChI is InChI=1S/C22H21ClN6O2S/c1-13-10-31-22(28-14-2-4-18-16(8-14)21(24)27-12-26-18)29(13)15-3-5-19(17(23)9-15)30-11-20-25-6-7-32-20/h2-9,12-13,22,28H,10-11H2,1H3,(H2,24,26,27). The molecule has 0 spiro atoms. The van der Waals surface area contributed by atoms with Gasteiger partial charge in [0.05, 0.1) is 23.2 Å². The van der Waals surface area contributed by atoms with Gasteiger partial charge < -0.3 is 25.4 Å². The lowest BCUT2D eigenvalue weighted by Crippen LogP contribution is -2.40. The smallest absolute Gasteiger partial charge is 0.208 e. The highest BCUT2D eigenvalue weighted by molar-refractivity contribution is 7.09. The summed E-state index contributed by atoms with van der Waals surface area (Å²) in [5.74, 6) is 1.06. The number of rotatable bonds is 6. The Labute approximate surface area is 194 Å². The number of ether oxygens (including phenoxy) is 2. The van der Waals surface area contributed by atoms with Crippen molar-refractivity contribution in [1.82, 2.24) is 15.0 Å². The fourth-order valence-corrected chi connectivity index (χ4v) is 4.42. The second-order valence-electron chi connectivity index (χ2n) is 7.41. The number of nitrogens with two attached hydrogens (primary N) is 1. The van der Waals surface area contributed by atoms with E-state index in [9.17, 15) is 0 Å². The zero-order valence-electron chi connectivity index (χ0n) is 17.2. The SMILES string of the molecule is CC1COC(Nc2ccc3ncnc(N)c3c2)N1c1ccc(OCc2nccs2)c(Cl)c1. The van der Waals surface area contributed by atoms with Crippen molar-refractivity contribution in [3.05, 3.63) is 64.3 Å². The van der Waals surface area contributed by atoms with E-state index in [1.54, 1.807) is 17.5 Å². The van der Waals surface area contributed by atoms with Crippen molar-refractivity contribution >= 4 is 51.0 Å². The average molecular weight is 469 g/mol. The van der Waals surface area contributed by atoms with Crippen molar-refractivity contribution < 1.29 is 9.47 Å². The summed E-state index contributed by atoms with van der Waals surface area (Å²) in [6.45, 7) is 3.07. The molecule has 10 heteroatoms. The van der Waals surface area contributed by atoms with Crippen molar-refractivity contribution in [3.63, 3.8) is 0 Å². The molecule has 1 saturated heterocycles. The normalized spacial score (nSPS) is 18.2. The Morgan fingerprint density at radius 3 is 2.97 bits per heavy atom. The molecule has 0 amide bonds. The van der Waals surface area contributed by atoms with Gasteiger partial charge in [-0.25, -0.2) is 15.0 Å². The molecule has 32 heavy (non-hydrogen) atoms. The third kappa shape index (κ3) is 4.14. The Hall–Kier alpha value is -3.14. The Morgan fingerprint density at radius 2 is 2.16 bits per heavy atom. The lowest BCUT2D eigenvalue weighted by Gasteiger charge is -2.30.